The highest BCUT2D eigenvalue weighted by Crippen LogP contribution is 2.39. The maximum absolute atomic E-state index is 13.5. The lowest BCUT2D eigenvalue weighted by Gasteiger charge is -2.37. The van der Waals surface area contributed by atoms with E-state index in [-0.39, 0.29) is 17.2 Å². The first-order valence-corrected chi connectivity index (χ1v) is 11.1. The third-order valence-corrected chi connectivity index (χ3v) is 6.71. The van der Waals surface area contributed by atoms with Crippen LogP contribution in [0.4, 0.5) is 0 Å². The Morgan fingerprint density at radius 3 is 2.55 bits per heavy atom. The molecule has 2 aliphatic heterocycles. The summed E-state index contributed by atoms with van der Waals surface area (Å²) >= 11 is 1.45. The van der Waals surface area contributed by atoms with Gasteiger partial charge < -0.3 is 19.8 Å². The van der Waals surface area contributed by atoms with E-state index >= 15 is 0 Å². The number of rotatable bonds is 4. The molecule has 2 atom stereocenters. The molecule has 8 nitrogen and oxygen atoms in total. The lowest BCUT2D eigenvalue weighted by molar-refractivity contribution is -0.135. The summed E-state index contributed by atoms with van der Waals surface area (Å²) in [5.41, 5.74) is 5.48. The highest BCUT2D eigenvalue weighted by molar-refractivity contribution is 8.00. The number of hydrogen-bond acceptors (Lipinski definition) is 7. The number of morpholine rings is 1. The molecule has 3 aromatic rings. The second-order valence-electron chi connectivity index (χ2n) is 7.36. The van der Waals surface area contributed by atoms with Gasteiger partial charge in [-0.1, -0.05) is 54.2 Å². The maximum Gasteiger partial charge on any atom is 0.238 e. The number of amides is 1. The molecule has 1 aromatic heterocycles. The summed E-state index contributed by atoms with van der Waals surface area (Å²) in [6.07, 6.45) is 0. The third-order valence-electron chi connectivity index (χ3n) is 5.51. The molecule has 1 saturated heterocycles. The zero-order valence-corrected chi connectivity index (χ0v) is 17.9. The van der Waals surface area contributed by atoms with Crippen molar-refractivity contribution >= 4 is 17.7 Å². The summed E-state index contributed by atoms with van der Waals surface area (Å²) in [5.74, 6) is 1.58. The summed E-state index contributed by atoms with van der Waals surface area (Å²) in [7, 11) is 1.64. The normalized spacial score (nSPS) is 20.6. The van der Waals surface area contributed by atoms with Gasteiger partial charge in [0.2, 0.25) is 11.1 Å². The molecule has 2 aromatic carbocycles. The Labute approximate surface area is 184 Å². The van der Waals surface area contributed by atoms with Crippen LogP contribution in [0.3, 0.4) is 0 Å². The van der Waals surface area contributed by atoms with Crippen LogP contribution >= 0.6 is 11.8 Å². The molecule has 0 spiro atoms. The smallest absolute Gasteiger partial charge is 0.238 e. The molecule has 0 radical (unpaired) electrons. The number of nitrogens with zero attached hydrogens (tertiary/aromatic N) is 4. The fourth-order valence-corrected chi connectivity index (χ4v) is 5.01. The van der Waals surface area contributed by atoms with Crippen LogP contribution in [0.2, 0.25) is 0 Å². The standard InChI is InChI=1S/C22H23N5O3S/c1-29-17-9-7-15(8-10-17)18-19(21(28)26-11-13-30-14-12-26)31-22-24-23-20(27(22)25-18)16-5-3-2-4-6-16/h2-10,18-19,25H,11-14H2,1H3/t18-,19+/m0/s1. The zero-order valence-electron chi connectivity index (χ0n) is 17.1. The average molecular weight is 438 g/mol. The van der Waals surface area contributed by atoms with E-state index in [2.05, 4.69) is 15.6 Å². The number of ether oxygens (including phenoxy) is 2. The van der Waals surface area contributed by atoms with Crippen LogP contribution in [0.25, 0.3) is 11.4 Å². The molecule has 160 valence electrons. The molecule has 0 aliphatic carbocycles. The quantitative estimate of drug-likeness (QED) is 0.672. The first kappa shape index (κ1) is 19.9. The van der Waals surface area contributed by atoms with E-state index in [1.165, 1.54) is 11.8 Å². The lowest BCUT2D eigenvalue weighted by Crippen LogP contribution is -2.49. The molecule has 2 aliphatic rings. The maximum atomic E-state index is 13.5. The lowest BCUT2D eigenvalue weighted by atomic mass is 10.0. The molecule has 9 heteroatoms. The van der Waals surface area contributed by atoms with Gasteiger partial charge in [0.15, 0.2) is 5.82 Å². The summed E-state index contributed by atoms with van der Waals surface area (Å²) in [6.45, 7) is 2.34. The van der Waals surface area contributed by atoms with Crippen molar-refractivity contribution in [1.82, 2.24) is 19.8 Å². The molecule has 0 bridgehead atoms. The van der Waals surface area contributed by atoms with Gasteiger partial charge >= 0.3 is 0 Å². The van der Waals surface area contributed by atoms with Gasteiger partial charge in [0, 0.05) is 18.7 Å². The van der Waals surface area contributed by atoms with Crippen molar-refractivity contribution in [3.8, 4) is 17.1 Å². The first-order valence-electron chi connectivity index (χ1n) is 10.2. The predicted molar refractivity (Wildman–Crippen MR) is 118 cm³/mol. The summed E-state index contributed by atoms with van der Waals surface area (Å²) < 4.78 is 12.6. The molecule has 31 heavy (non-hydrogen) atoms. The van der Waals surface area contributed by atoms with Crippen molar-refractivity contribution in [3.63, 3.8) is 0 Å². The van der Waals surface area contributed by atoms with Crippen LogP contribution in [-0.2, 0) is 9.53 Å². The van der Waals surface area contributed by atoms with E-state index in [0.717, 1.165) is 22.7 Å². The van der Waals surface area contributed by atoms with Crippen molar-refractivity contribution in [2.24, 2.45) is 0 Å². The first-order chi connectivity index (χ1) is 15.2. The number of fused-ring (bicyclic) bond motifs is 1. The van der Waals surface area contributed by atoms with E-state index in [4.69, 9.17) is 9.47 Å². The van der Waals surface area contributed by atoms with E-state index in [1.54, 1.807) is 7.11 Å². The van der Waals surface area contributed by atoms with Crippen LogP contribution in [0.15, 0.2) is 59.8 Å². The Hall–Kier alpha value is -3.04. The van der Waals surface area contributed by atoms with Crippen LogP contribution in [0, 0.1) is 0 Å². The molecule has 1 N–H and O–H groups in total. The second kappa shape index (κ2) is 8.60. The largest absolute Gasteiger partial charge is 0.497 e. The number of hydrogen-bond donors (Lipinski definition) is 1. The molecule has 0 saturated carbocycles. The highest BCUT2D eigenvalue weighted by atomic mass is 32.2. The minimum Gasteiger partial charge on any atom is -0.497 e. The van der Waals surface area contributed by atoms with Crippen molar-refractivity contribution < 1.29 is 14.3 Å². The minimum absolute atomic E-state index is 0.0807. The van der Waals surface area contributed by atoms with Crippen molar-refractivity contribution in [2.75, 3.05) is 38.8 Å². The number of aromatic nitrogens is 3. The third kappa shape index (κ3) is 3.86. The highest BCUT2D eigenvalue weighted by Gasteiger charge is 2.40. The predicted octanol–water partition coefficient (Wildman–Crippen LogP) is 2.57. The number of nitrogens with one attached hydrogen (secondary N) is 1. The zero-order chi connectivity index (χ0) is 21.2. The summed E-state index contributed by atoms with van der Waals surface area (Å²) in [5, 5.41) is 9.07. The number of carbonyl (C=O) groups excluding carboxylic acids is 1. The van der Waals surface area contributed by atoms with Gasteiger partial charge in [-0.05, 0) is 17.7 Å². The average Bonchev–Trinajstić information content (AvgIpc) is 3.27. The Bertz CT molecular complexity index is 1050. The Kier molecular flexibility index (Phi) is 5.52. The van der Waals surface area contributed by atoms with Crippen molar-refractivity contribution in [1.29, 1.82) is 0 Å². The van der Waals surface area contributed by atoms with Gasteiger partial charge in [0.25, 0.3) is 0 Å². The number of benzene rings is 2. The number of carbonyl (C=O) groups is 1. The molecular weight excluding hydrogens is 414 g/mol. The van der Waals surface area contributed by atoms with E-state index in [1.807, 2.05) is 64.2 Å². The SMILES string of the molecule is COc1ccc([C@@H]2Nn3c(nnc3-c3ccccc3)S[C@H]2C(=O)N2CCOCC2)cc1. The van der Waals surface area contributed by atoms with Gasteiger partial charge in [-0.15, -0.1) is 10.2 Å². The van der Waals surface area contributed by atoms with Gasteiger partial charge in [-0.2, -0.15) is 0 Å². The monoisotopic (exact) mass is 437 g/mol. The van der Waals surface area contributed by atoms with E-state index in [9.17, 15) is 4.79 Å². The molecule has 5 rings (SSSR count). The Balaban J connectivity index is 1.52. The topological polar surface area (TPSA) is 81.5 Å². The Morgan fingerprint density at radius 2 is 1.84 bits per heavy atom. The van der Waals surface area contributed by atoms with E-state index < -0.39 is 0 Å². The summed E-state index contributed by atoms with van der Waals surface area (Å²) in [4.78, 5) is 15.4. The summed E-state index contributed by atoms with van der Waals surface area (Å²) in [6, 6.07) is 17.5. The van der Waals surface area contributed by atoms with Crippen molar-refractivity contribution in [2.45, 2.75) is 16.4 Å². The van der Waals surface area contributed by atoms with Gasteiger partial charge in [0.05, 0.1) is 26.4 Å². The van der Waals surface area contributed by atoms with Crippen LogP contribution in [0.1, 0.15) is 11.6 Å². The van der Waals surface area contributed by atoms with Crippen LogP contribution in [-0.4, -0.2) is 64.3 Å². The Morgan fingerprint density at radius 1 is 1.10 bits per heavy atom. The van der Waals surface area contributed by atoms with Gasteiger partial charge in [-0.3, -0.25) is 4.79 Å². The van der Waals surface area contributed by atoms with Crippen molar-refractivity contribution in [3.05, 3.63) is 60.2 Å². The van der Waals surface area contributed by atoms with E-state index in [0.29, 0.717) is 31.5 Å². The van der Waals surface area contributed by atoms with Gasteiger partial charge in [0.1, 0.15) is 11.0 Å². The number of thioether (sulfide) groups is 1. The second-order valence-corrected chi connectivity index (χ2v) is 8.47. The molecular formula is C22H23N5O3S. The molecule has 1 fully saturated rings. The molecule has 0 unspecified atom stereocenters. The molecule has 1 amide bonds. The molecule has 3 heterocycles. The fourth-order valence-electron chi connectivity index (χ4n) is 3.84. The van der Waals surface area contributed by atoms with Crippen LogP contribution in [0.5, 0.6) is 5.75 Å². The van der Waals surface area contributed by atoms with Crippen LogP contribution < -0.4 is 10.2 Å². The van der Waals surface area contributed by atoms with Gasteiger partial charge in [-0.25, -0.2) is 4.68 Å². The fraction of sp³-hybridized carbons (Fsp3) is 0.318. The number of methoxy groups -OCH3 is 1. The minimum atomic E-state index is -0.369.